The quantitative estimate of drug-likeness (QED) is 0.843. The number of aromatic hydroxyl groups is 1. The van der Waals surface area contributed by atoms with Gasteiger partial charge in [-0.25, -0.2) is 0 Å². The van der Waals surface area contributed by atoms with Crippen LogP contribution in [0, 0.1) is 0 Å². The van der Waals surface area contributed by atoms with Crippen LogP contribution in [0.2, 0.25) is 0 Å². The van der Waals surface area contributed by atoms with E-state index in [1.54, 1.807) is 17.0 Å². The number of hydrogen-bond acceptors (Lipinski definition) is 4. The summed E-state index contributed by atoms with van der Waals surface area (Å²) in [6.45, 7) is 3.21. The molecule has 5 heteroatoms. The summed E-state index contributed by atoms with van der Waals surface area (Å²) in [4.78, 5) is 16.2. The number of likely N-dealkylation sites (N-methyl/N-ethyl adjacent to an activating group) is 1. The first-order chi connectivity index (χ1) is 8.61. The maximum absolute atomic E-state index is 12.2. The van der Waals surface area contributed by atoms with E-state index < -0.39 is 0 Å². The Hall–Kier alpha value is -1.75. The predicted molar refractivity (Wildman–Crippen MR) is 68.1 cm³/mol. The van der Waals surface area contributed by atoms with Crippen LogP contribution in [0.15, 0.2) is 18.2 Å². The molecule has 1 fully saturated rings. The molecule has 1 heterocycles. The van der Waals surface area contributed by atoms with E-state index in [-0.39, 0.29) is 11.7 Å². The van der Waals surface area contributed by atoms with Crippen LogP contribution in [0.1, 0.15) is 10.4 Å². The summed E-state index contributed by atoms with van der Waals surface area (Å²) in [5, 5.41) is 9.68. The molecule has 1 saturated heterocycles. The van der Waals surface area contributed by atoms with Crippen molar-refractivity contribution in [3.05, 3.63) is 23.8 Å². The molecule has 0 atom stereocenters. The number of methoxy groups -OCH3 is 1. The van der Waals surface area contributed by atoms with Crippen molar-refractivity contribution in [3.63, 3.8) is 0 Å². The Labute approximate surface area is 107 Å². The molecule has 1 N–H and O–H groups in total. The monoisotopic (exact) mass is 250 g/mol. The molecule has 0 aromatic heterocycles. The minimum absolute atomic E-state index is 0.00234. The first-order valence-corrected chi connectivity index (χ1v) is 5.96. The summed E-state index contributed by atoms with van der Waals surface area (Å²) in [6, 6.07) is 4.75. The number of carbonyl (C=O) groups excluding carboxylic acids is 1. The molecule has 0 aliphatic carbocycles. The largest absolute Gasteiger partial charge is 0.504 e. The summed E-state index contributed by atoms with van der Waals surface area (Å²) in [6.07, 6.45) is 0. The van der Waals surface area contributed by atoms with Gasteiger partial charge < -0.3 is 19.6 Å². The van der Waals surface area contributed by atoms with Crippen LogP contribution in [0.3, 0.4) is 0 Å². The third-order valence-electron chi connectivity index (χ3n) is 3.22. The first kappa shape index (κ1) is 12.7. The van der Waals surface area contributed by atoms with Gasteiger partial charge in [0.2, 0.25) is 0 Å². The van der Waals surface area contributed by atoms with Crippen molar-refractivity contribution >= 4 is 5.91 Å². The summed E-state index contributed by atoms with van der Waals surface area (Å²) >= 11 is 0. The molecular formula is C13H18N2O3. The van der Waals surface area contributed by atoms with Crippen molar-refractivity contribution in [1.29, 1.82) is 0 Å². The zero-order valence-electron chi connectivity index (χ0n) is 10.7. The fraction of sp³-hybridized carbons (Fsp3) is 0.462. The fourth-order valence-electron chi connectivity index (χ4n) is 2.02. The lowest BCUT2D eigenvalue weighted by Crippen LogP contribution is -2.47. The lowest BCUT2D eigenvalue weighted by Gasteiger charge is -2.32. The first-order valence-electron chi connectivity index (χ1n) is 5.96. The van der Waals surface area contributed by atoms with E-state index in [1.807, 2.05) is 7.05 Å². The number of ether oxygens (including phenoxy) is 1. The van der Waals surface area contributed by atoms with Crippen LogP contribution in [-0.2, 0) is 0 Å². The number of amides is 1. The Morgan fingerprint density at radius 3 is 2.50 bits per heavy atom. The summed E-state index contributed by atoms with van der Waals surface area (Å²) < 4.78 is 4.96. The van der Waals surface area contributed by atoms with E-state index in [1.165, 1.54) is 13.2 Å². The van der Waals surface area contributed by atoms with Gasteiger partial charge in [0.05, 0.1) is 7.11 Å². The SMILES string of the molecule is COc1ccc(C(=O)N2CCN(C)CC2)cc1O. The molecule has 0 unspecified atom stereocenters. The maximum atomic E-state index is 12.2. The van der Waals surface area contributed by atoms with Crippen LogP contribution >= 0.6 is 0 Å². The lowest BCUT2D eigenvalue weighted by molar-refractivity contribution is 0.0663. The van der Waals surface area contributed by atoms with E-state index in [2.05, 4.69) is 4.90 Å². The smallest absolute Gasteiger partial charge is 0.254 e. The van der Waals surface area contributed by atoms with Gasteiger partial charge in [0, 0.05) is 31.7 Å². The van der Waals surface area contributed by atoms with Gasteiger partial charge in [-0.15, -0.1) is 0 Å². The minimum atomic E-state index is -0.0407. The Bertz CT molecular complexity index is 440. The Kier molecular flexibility index (Phi) is 3.72. The molecule has 0 spiro atoms. The second kappa shape index (κ2) is 5.27. The van der Waals surface area contributed by atoms with Gasteiger partial charge in [0.15, 0.2) is 11.5 Å². The number of piperazine rings is 1. The topological polar surface area (TPSA) is 53.0 Å². The molecule has 2 rings (SSSR count). The van der Waals surface area contributed by atoms with E-state index in [4.69, 9.17) is 4.74 Å². The van der Waals surface area contributed by atoms with E-state index in [9.17, 15) is 9.90 Å². The highest BCUT2D eigenvalue weighted by Gasteiger charge is 2.21. The zero-order chi connectivity index (χ0) is 13.1. The molecule has 98 valence electrons. The van der Waals surface area contributed by atoms with Gasteiger partial charge in [-0.3, -0.25) is 4.79 Å². The van der Waals surface area contributed by atoms with Gasteiger partial charge in [0.1, 0.15) is 0 Å². The second-order valence-corrected chi connectivity index (χ2v) is 4.48. The number of hydrogen-bond donors (Lipinski definition) is 1. The molecule has 1 amide bonds. The summed E-state index contributed by atoms with van der Waals surface area (Å²) in [7, 11) is 3.53. The van der Waals surface area contributed by atoms with Gasteiger partial charge >= 0.3 is 0 Å². The van der Waals surface area contributed by atoms with Crippen LogP contribution in [0.25, 0.3) is 0 Å². The summed E-state index contributed by atoms with van der Waals surface area (Å²) in [5.74, 6) is 0.337. The molecule has 0 saturated carbocycles. The van der Waals surface area contributed by atoms with Crippen LogP contribution in [0.4, 0.5) is 0 Å². The third-order valence-corrected chi connectivity index (χ3v) is 3.22. The highest BCUT2D eigenvalue weighted by atomic mass is 16.5. The normalized spacial score (nSPS) is 16.7. The van der Waals surface area contributed by atoms with Crippen molar-refractivity contribution in [2.45, 2.75) is 0 Å². The molecule has 1 aromatic carbocycles. The van der Waals surface area contributed by atoms with Crippen molar-refractivity contribution in [3.8, 4) is 11.5 Å². The van der Waals surface area contributed by atoms with Crippen molar-refractivity contribution < 1.29 is 14.6 Å². The zero-order valence-corrected chi connectivity index (χ0v) is 10.7. The summed E-state index contributed by atoms with van der Waals surface area (Å²) in [5.41, 5.74) is 0.498. The van der Waals surface area contributed by atoms with Gasteiger partial charge in [0.25, 0.3) is 5.91 Å². The Morgan fingerprint density at radius 1 is 1.28 bits per heavy atom. The van der Waals surface area contributed by atoms with E-state index in [0.29, 0.717) is 11.3 Å². The van der Waals surface area contributed by atoms with Crippen molar-refractivity contribution in [2.75, 3.05) is 40.3 Å². The highest BCUT2D eigenvalue weighted by Crippen LogP contribution is 2.26. The lowest BCUT2D eigenvalue weighted by atomic mass is 10.1. The second-order valence-electron chi connectivity index (χ2n) is 4.48. The number of benzene rings is 1. The van der Waals surface area contributed by atoms with Gasteiger partial charge in [-0.05, 0) is 25.2 Å². The van der Waals surface area contributed by atoms with Crippen LogP contribution in [0.5, 0.6) is 11.5 Å². The van der Waals surface area contributed by atoms with E-state index >= 15 is 0 Å². The molecule has 1 aliphatic heterocycles. The molecule has 1 aromatic rings. The van der Waals surface area contributed by atoms with Crippen molar-refractivity contribution in [1.82, 2.24) is 9.80 Å². The molecule has 18 heavy (non-hydrogen) atoms. The van der Waals surface area contributed by atoms with Crippen molar-refractivity contribution in [2.24, 2.45) is 0 Å². The number of carbonyl (C=O) groups is 1. The average Bonchev–Trinajstić information content (AvgIpc) is 2.38. The van der Waals surface area contributed by atoms with Gasteiger partial charge in [-0.1, -0.05) is 0 Å². The third kappa shape index (κ3) is 2.56. The molecule has 5 nitrogen and oxygen atoms in total. The molecule has 0 bridgehead atoms. The van der Waals surface area contributed by atoms with Gasteiger partial charge in [-0.2, -0.15) is 0 Å². The van der Waals surface area contributed by atoms with Crippen LogP contribution in [-0.4, -0.2) is 61.2 Å². The molecule has 1 aliphatic rings. The number of phenolic OH excluding ortho intramolecular Hbond substituents is 1. The molecular weight excluding hydrogens is 232 g/mol. The Balaban J connectivity index is 2.11. The standard InChI is InChI=1S/C13H18N2O3/c1-14-5-7-15(8-6-14)13(17)10-3-4-12(18-2)11(16)9-10/h3-4,9,16H,5-8H2,1-2H3. The number of nitrogens with zero attached hydrogens (tertiary/aromatic N) is 2. The minimum Gasteiger partial charge on any atom is -0.504 e. The van der Waals surface area contributed by atoms with E-state index in [0.717, 1.165) is 26.2 Å². The Morgan fingerprint density at radius 2 is 1.94 bits per heavy atom. The fourth-order valence-corrected chi connectivity index (χ4v) is 2.02. The molecule has 0 radical (unpaired) electrons. The number of phenols is 1. The predicted octanol–water partition coefficient (Wildman–Crippen LogP) is 0.788. The maximum Gasteiger partial charge on any atom is 0.254 e. The highest BCUT2D eigenvalue weighted by molar-refractivity contribution is 5.95. The average molecular weight is 250 g/mol. The van der Waals surface area contributed by atoms with Crippen LogP contribution < -0.4 is 4.74 Å². The number of rotatable bonds is 2.